The molecule has 1 fully saturated rings. The van der Waals surface area contributed by atoms with Crippen LogP contribution < -0.4 is 0 Å². The van der Waals surface area contributed by atoms with Crippen molar-refractivity contribution >= 4 is 5.91 Å². The van der Waals surface area contributed by atoms with Gasteiger partial charge in [0.15, 0.2) is 17.5 Å². The average molecular weight is 339 g/mol. The summed E-state index contributed by atoms with van der Waals surface area (Å²) in [6.07, 6.45) is 0. The standard InChI is InChI=1S/C17H13F4NO2/c18-11-3-1-10(2-4-11)14-9-24-8-7-22(14)17(23)12-5-6-13(19)16(21)15(12)20/h1-6,14H,7-9H2. The molecule has 7 heteroatoms. The first-order valence-corrected chi connectivity index (χ1v) is 7.26. The van der Waals surface area contributed by atoms with Gasteiger partial charge in [-0.25, -0.2) is 17.6 Å². The quantitative estimate of drug-likeness (QED) is 0.619. The minimum Gasteiger partial charge on any atom is -0.377 e. The third-order valence-corrected chi connectivity index (χ3v) is 3.91. The van der Waals surface area contributed by atoms with Crippen molar-refractivity contribution in [2.45, 2.75) is 6.04 Å². The fourth-order valence-electron chi connectivity index (χ4n) is 2.65. The first-order valence-electron chi connectivity index (χ1n) is 7.26. The molecule has 1 atom stereocenters. The molecule has 1 aliphatic rings. The highest BCUT2D eigenvalue weighted by molar-refractivity contribution is 5.95. The third-order valence-electron chi connectivity index (χ3n) is 3.91. The summed E-state index contributed by atoms with van der Waals surface area (Å²) in [5.41, 5.74) is 0.0513. The minimum absolute atomic E-state index is 0.142. The van der Waals surface area contributed by atoms with Crippen LogP contribution >= 0.6 is 0 Å². The number of amides is 1. The van der Waals surface area contributed by atoms with Crippen LogP contribution in [0.25, 0.3) is 0 Å². The Kier molecular flexibility index (Phi) is 4.53. The number of ether oxygens (including phenoxy) is 1. The van der Waals surface area contributed by atoms with Crippen LogP contribution in [0.1, 0.15) is 22.0 Å². The number of nitrogens with zero attached hydrogens (tertiary/aromatic N) is 1. The van der Waals surface area contributed by atoms with E-state index < -0.39 is 40.8 Å². The van der Waals surface area contributed by atoms with Crippen LogP contribution in [-0.2, 0) is 4.74 Å². The predicted octanol–water partition coefficient (Wildman–Crippen LogP) is 3.46. The van der Waals surface area contributed by atoms with Gasteiger partial charge < -0.3 is 9.64 Å². The van der Waals surface area contributed by atoms with E-state index >= 15 is 0 Å². The summed E-state index contributed by atoms with van der Waals surface area (Å²) < 4.78 is 58.8. The van der Waals surface area contributed by atoms with Gasteiger partial charge in [0, 0.05) is 6.54 Å². The molecule has 2 aromatic rings. The zero-order valence-electron chi connectivity index (χ0n) is 12.4. The number of hydrogen-bond acceptors (Lipinski definition) is 2. The lowest BCUT2D eigenvalue weighted by atomic mass is 10.0. The van der Waals surface area contributed by atoms with Gasteiger partial charge >= 0.3 is 0 Å². The van der Waals surface area contributed by atoms with Gasteiger partial charge in [-0.3, -0.25) is 4.79 Å². The second-order valence-electron chi connectivity index (χ2n) is 5.36. The summed E-state index contributed by atoms with van der Waals surface area (Å²) in [6, 6.07) is 6.52. The predicted molar refractivity (Wildman–Crippen MR) is 77.3 cm³/mol. The molecule has 3 nitrogen and oxygen atoms in total. The van der Waals surface area contributed by atoms with Gasteiger partial charge in [-0.1, -0.05) is 12.1 Å². The zero-order chi connectivity index (χ0) is 17.3. The van der Waals surface area contributed by atoms with Gasteiger partial charge in [-0.15, -0.1) is 0 Å². The van der Waals surface area contributed by atoms with Crippen LogP contribution in [0.5, 0.6) is 0 Å². The van der Waals surface area contributed by atoms with E-state index in [9.17, 15) is 22.4 Å². The van der Waals surface area contributed by atoms with E-state index in [1.807, 2.05) is 0 Å². The molecule has 2 aromatic carbocycles. The molecule has 24 heavy (non-hydrogen) atoms. The van der Waals surface area contributed by atoms with E-state index in [0.29, 0.717) is 11.6 Å². The van der Waals surface area contributed by atoms with Crippen LogP contribution in [0.4, 0.5) is 17.6 Å². The molecular formula is C17H13F4NO2. The molecule has 1 amide bonds. The van der Waals surface area contributed by atoms with E-state index in [4.69, 9.17) is 4.74 Å². The topological polar surface area (TPSA) is 29.5 Å². The fraction of sp³-hybridized carbons (Fsp3) is 0.235. The second-order valence-corrected chi connectivity index (χ2v) is 5.36. The summed E-state index contributed by atoms with van der Waals surface area (Å²) in [6.45, 7) is 0.525. The number of hydrogen-bond donors (Lipinski definition) is 0. The lowest BCUT2D eigenvalue weighted by Gasteiger charge is -2.36. The molecule has 0 saturated carbocycles. The van der Waals surface area contributed by atoms with Crippen molar-refractivity contribution in [1.82, 2.24) is 4.90 Å². The van der Waals surface area contributed by atoms with E-state index in [1.165, 1.54) is 29.2 Å². The molecule has 0 aromatic heterocycles. The normalized spacial score (nSPS) is 17.8. The molecule has 1 unspecified atom stereocenters. The molecule has 0 spiro atoms. The lowest BCUT2D eigenvalue weighted by Crippen LogP contribution is -2.43. The van der Waals surface area contributed by atoms with Gasteiger partial charge in [-0.2, -0.15) is 0 Å². The smallest absolute Gasteiger partial charge is 0.257 e. The van der Waals surface area contributed by atoms with Crippen molar-refractivity contribution in [3.05, 3.63) is 70.8 Å². The highest BCUT2D eigenvalue weighted by Gasteiger charge is 2.31. The number of carbonyl (C=O) groups excluding carboxylic acids is 1. The van der Waals surface area contributed by atoms with Crippen LogP contribution in [0.2, 0.25) is 0 Å². The minimum atomic E-state index is -1.69. The first-order chi connectivity index (χ1) is 11.5. The number of carbonyl (C=O) groups is 1. The summed E-state index contributed by atoms with van der Waals surface area (Å²) in [5, 5.41) is 0. The van der Waals surface area contributed by atoms with Gasteiger partial charge in [0.2, 0.25) is 0 Å². The molecular weight excluding hydrogens is 326 g/mol. The van der Waals surface area contributed by atoms with E-state index in [2.05, 4.69) is 0 Å². The van der Waals surface area contributed by atoms with Gasteiger partial charge in [0.05, 0.1) is 24.8 Å². The summed E-state index contributed by atoms with van der Waals surface area (Å²) >= 11 is 0. The molecule has 0 radical (unpaired) electrons. The molecule has 0 N–H and O–H groups in total. The lowest BCUT2D eigenvalue weighted by molar-refractivity contribution is -0.00300. The summed E-state index contributed by atoms with van der Waals surface area (Å²) in [4.78, 5) is 13.9. The Bertz CT molecular complexity index is 764. The number of halogens is 4. The Hall–Kier alpha value is -2.41. The Morgan fingerprint density at radius 1 is 1.00 bits per heavy atom. The highest BCUT2D eigenvalue weighted by Crippen LogP contribution is 2.27. The monoisotopic (exact) mass is 339 g/mol. The van der Waals surface area contributed by atoms with Crippen LogP contribution in [-0.4, -0.2) is 30.6 Å². The van der Waals surface area contributed by atoms with E-state index in [0.717, 1.165) is 6.07 Å². The Morgan fingerprint density at radius 2 is 1.71 bits per heavy atom. The maximum atomic E-state index is 13.9. The van der Waals surface area contributed by atoms with E-state index in [1.54, 1.807) is 0 Å². The molecule has 0 aliphatic carbocycles. The molecule has 126 valence electrons. The zero-order valence-corrected chi connectivity index (χ0v) is 12.4. The van der Waals surface area contributed by atoms with Gasteiger partial charge in [0.1, 0.15) is 5.82 Å². The Labute approximate surface area is 135 Å². The first kappa shape index (κ1) is 16.4. The highest BCUT2D eigenvalue weighted by atomic mass is 19.2. The van der Waals surface area contributed by atoms with Gasteiger partial charge in [-0.05, 0) is 29.8 Å². The molecule has 1 heterocycles. The van der Waals surface area contributed by atoms with Crippen molar-refractivity contribution in [3.63, 3.8) is 0 Å². The van der Waals surface area contributed by atoms with Gasteiger partial charge in [0.25, 0.3) is 5.91 Å². The van der Waals surface area contributed by atoms with Crippen LogP contribution in [0, 0.1) is 23.3 Å². The number of benzene rings is 2. The van der Waals surface area contributed by atoms with Crippen molar-refractivity contribution in [3.8, 4) is 0 Å². The van der Waals surface area contributed by atoms with Crippen molar-refractivity contribution < 1.29 is 27.1 Å². The van der Waals surface area contributed by atoms with Crippen LogP contribution in [0.15, 0.2) is 36.4 Å². The van der Waals surface area contributed by atoms with E-state index in [-0.39, 0.29) is 19.8 Å². The number of morpholine rings is 1. The second kappa shape index (κ2) is 6.60. The molecule has 3 rings (SSSR count). The van der Waals surface area contributed by atoms with Crippen molar-refractivity contribution in [1.29, 1.82) is 0 Å². The largest absolute Gasteiger partial charge is 0.377 e. The molecule has 1 aliphatic heterocycles. The maximum Gasteiger partial charge on any atom is 0.257 e. The Balaban J connectivity index is 1.94. The van der Waals surface area contributed by atoms with Crippen molar-refractivity contribution in [2.24, 2.45) is 0 Å². The van der Waals surface area contributed by atoms with Crippen LogP contribution in [0.3, 0.4) is 0 Å². The van der Waals surface area contributed by atoms with Crippen molar-refractivity contribution in [2.75, 3.05) is 19.8 Å². The summed E-state index contributed by atoms with van der Waals surface area (Å²) in [5.74, 6) is -5.78. The average Bonchev–Trinajstić information content (AvgIpc) is 2.60. The molecule has 1 saturated heterocycles. The number of rotatable bonds is 2. The summed E-state index contributed by atoms with van der Waals surface area (Å²) in [7, 11) is 0. The maximum absolute atomic E-state index is 13.9. The third kappa shape index (κ3) is 2.99. The Morgan fingerprint density at radius 3 is 2.42 bits per heavy atom. The fourth-order valence-corrected chi connectivity index (χ4v) is 2.65. The SMILES string of the molecule is O=C(c1ccc(F)c(F)c1F)N1CCOCC1c1ccc(F)cc1. The molecule has 0 bridgehead atoms.